The number of carbonyl (C=O) groups excluding carboxylic acids is 4. The van der Waals surface area contributed by atoms with Crippen molar-refractivity contribution in [2.75, 3.05) is 39.5 Å². The van der Waals surface area contributed by atoms with Gasteiger partial charge in [0.1, 0.15) is 17.2 Å². The van der Waals surface area contributed by atoms with E-state index in [1.165, 1.54) is 6.92 Å². The molecule has 1 saturated carbocycles. The topological polar surface area (TPSA) is 143 Å². The fourth-order valence-electron chi connectivity index (χ4n) is 4.80. The van der Waals surface area contributed by atoms with Crippen molar-refractivity contribution in [1.29, 1.82) is 0 Å². The molecule has 33 heavy (non-hydrogen) atoms. The fraction of sp³-hybridized carbons (Fsp3) is 0.826. The number of morpholine rings is 1. The Kier molecular flexibility index (Phi) is 8.13. The molecule has 3 fully saturated rings. The third kappa shape index (κ3) is 6.30. The van der Waals surface area contributed by atoms with Crippen LogP contribution in [-0.4, -0.2) is 85.0 Å². The number of ether oxygens (including phenoxy) is 2. The van der Waals surface area contributed by atoms with Gasteiger partial charge in [0, 0.05) is 13.1 Å². The summed E-state index contributed by atoms with van der Waals surface area (Å²) in [5.74, 6) is -2.34. The number of epoxide rings is 1. The quantitative estimate of drug-likeness (QED) is 0.356. The van der Waals surface area contributed by atoms with Crippen molar-refractivity contribution >= 4 is 23.5 Å². The monoisotopic (exact) mass is 466 g/mol. The number of nitrogens with zero attached hydrogens (tertiary/aromatic N) is 1. The van der Waals surface area contributed by atoms with Gasteiger partial charge in [0.25, 0.3) is 0 Å². The van der Waals surface area contributed by atoms with Crippen molar-refractivity contribution in [2.24, 2.45) is 17.6 Å². The highest BCUT2D eigenvalue weighted by atomic mass is 16.6. The molecule has 0 radical (unpaired) electrons. The molecule has 186 valence electrons. The Morgan fingerprint density at radius 1 is 1.18 bits per heavy atom. The van der Waals surface area contributed by atoms with Crippen molar-refractivity contribution in [3.05, 3.63) is 0 Å². The molecule has 3 aliphatic rings. The molecule has 2 saturated heterocycles. The van der Waals surface area contributed by atoms with E-state index in [0.717, 1.165) is 25.7 Å². The van der Waals surface area contributed by atoms with Crippen molar-refractivity contribution in [3.8, 4) is 0 Å². The number of hydrogen-bond acceptors (Lipinski definition) is 7. The summed E-state index contributed by atoms with van der Waals surface area (Å²) in [7, 11) is 0. The lowest BCUT2D eigenvalue weighted by molar-refractivity contribution is -0.141. The zero-order valence-corrected chi connectivity index (χ0v) is 20.0. The highest BCUT2D eigenvalue weighted by Gasteiger charge is 2.56. The molecule has 1 unspecified atom stereocenters. The number of nitrogens with two attached hydrogens (primary N) is 1. The molecule has 1 aliphatic carbocycles. The molecule has 4 N–H and O–H groups in total. The number of carbonyl (C=O) groups is 4. The van der Waals surface area contributed by atoms with Gasteiger partial charge in [-0.3, -0.25) is 24.1 Å². The van der Waals surface area contributed by atoms with Crippen LogP contribution in [0, 0.1) is 11.8 Å². The van der Waals surface area contributed by atoms with Crippen LogP contribution in [0.2, 0.25) is 0 Å². The van der Waals surface area contributed by atoms with Gasteiger partial charge < -0.3 is 25.8 Å². The minimum absolute atomic E-state index is 0.159. The fourth-order valence-corrected chi connectivity index (χ4v) is 4.80. The molecule has 3 rings (SSSR count). The number of hydrogen-bond donors (Lipinski definition) is 3. The van der Waals surface area contributed by atoms with Gasteiger partial charge in [0.05, 0.1) is 32.3 Å². The summed E-state index contributed by atoms with van der Waals surface area (Å²) >= 11 is 0. The Labute approximate surface area is 195 Å². The third-order valence-electron chi connectivity index (χ3n) is 7.29. The summed E-state index contributed by atoms with van der Waals surface area (Å²) in [6, 6.07) is -0.896. The Morgan fingerprint density at radius 3 is 2.33 bits per heavy atom. The highest BCUT2D eigenvalue weighted by Crippen LogP contribution is 2.40. The summed E-state index contributed by atoms with van der Waals surface area (Å²) in [6.07, 6.45) is 4.61. The van der Waals surface area contributed by atoms with E-state index in [2.05, 4.69) is 10.6 Å². The highest BCUT2D eigenvalue weighted by molar-refractivity contribution is 6.01. The van der Waals surface area contributed by atoms with E-state index in [9.17, 15) is 19.2 Å². The van der Waals surface area contributed by atoms with Gasteiger partial charge in [0.15, 0.2) is 5.78 Å². The second-order valence-corrected chi connectivity index (χ2v) is 10.1. The van der Waals surface area contributed by atoms with Crippen LogP contribution >= 0.6 is 0 Å². The van der Waals surface area contributed by atoms with Gasteiger partial charge in [-0.2, -0.15) is 0 Å². The van der Waals surface area contributed by atoms with Crippen LogP contribution in [0.15, 0.2) is 0 Å². The van der Waals surface area contributed by atoms with Crippen LogP contribution in [0.25, 0.3) is 0 Å². The Morgan fingerprint density at radius 2 is 1.79 bits per heavy atom. The maximum Gasteiger partial charge on any atom is 0.243 e. The smallest absolute Gasteiger partial charge is 0.243 e. The van der Waals surface area contributed by atoms with E-state index < -0.39 is 34.9 Å². The summed E-state index contributed by atoms with van der Waals surface area (Å²) in [5.41, 5.74) is 3.24. The molecular weight excluding hydrogens is 428 g/mol. The van der Waals surface area contributed by atoms with E-state index in [1.54, 1.807) is 13.8 Å². The van der Waals surface area contributed by atoms with Gasteiger partial charge in [-0.25, -0.2) is 0 Å². The molecule has 0 bridgehead atoms. The molecule has 0 aromatic heterocycles. The zero-order chi connectivity index (χ0) is 24.2. The van der Waals surface area contributed by atoms with E-state index in [1.807, 2.05) is 4.90 Å². The van der Waals surface area contributed by atoms with Gasteiger partial charge in [-0.1, -0.05) is 25.7 Å². The molecular formula is C23H38N4O6. The van der Waals surface area contributed by atoms with E-state index in [-0.39, 0.29) is 18.2 Å². The predicted octanol–water partition coefficient (Wildman–Crippen LogP) is -0.262. The Balaban J connectivity index is 1.68. The lowest BCUT2D eigenvalue weighted by Crippen LogP contribution is -2.65. The summed E-state index contributed by atoms with van der Waals surface area (Å²) in [6.45, 7) is 7.66. The maximum absolute atomic E-state index is 13.3. The molecule has 2 aliphatic heterocycles. The second-order valence-electron chi connectivity index (χ2n) is 10.1. The van der Waals surface area contributed by atoms with Gasteiger partial charge in [0.2, 0.25) is 17.7 Å². The van der Waals surface area contributed by atoms with Crippen molar-refractivity contribution in [3.63, 3.8) is 0 Å². The van der Waals surface area contributed by atoms with Crippen molar-refractivity contribution in [1.82, 2.24) is 15.5 Å². The largest absolute Gasteiger partial charge is 0.379 e. The molecule has 0 aromatic rings. The standard InChI is InChI=1S/C23H38N4O6/c1-15(25-18(28)13-27-8-10-32-11-9-27)20(30)26-23(3,21(24)31)17(12-16-6-4-5-7-16)19(29)22(2)14-33-22/h15-17H,4-14H2,1-3H3,(H2,24,31)(H,25,28)(H,26,30)/t15-,17+,22+,23?/m0/s1. The average Bonchev–Trinajstić information content (AvgIpc) is 3.31. The number of rotatable bonds is 11. The zero-order valence-electron chi connectivity index (χ0n) is 20.0. The SMILES string of the molecule is C[C@H](NC(=O)CN1CCOCC1)C(=O)NC(C)(C(N)=O)[C@H](CC1CCCC1)C(=O)[C@@]1(C)CO1. The number of ketones is 1. The first kappa shape index (κ1) is 25.6. The van der Waals surface area contributed by atoms with Crippen LogP contribution in [0.1, 0.15) is 52.9 Å². The second kappa shape index (κ2) is 10.5. The average molecular weight is 467 g/mol. The Hall–Kier alpha value is -2.04. The Bertz CT molecular complexity index is 758. The van der Waals surface area contributed by atoms with Gasteiger partial charge in [-0.15, -0.1) is 0 Å². The maximum atomic E-state index is 13.3. The minimum atomic E-state index is -1.59. The molecule has 10 heteroatoms. The minimum Gasteiger partial charge on any atom is -0.379 e. The first-order valence-corrected chi connectivity index (χ1v) is 11.9. The normalized spacial score (nSPS) is 27.2. The first-order valence-electron chi connectivity index (χ1n) is 11.9. The lowest BCUT2D eigenvalue weighted by atomic mass is 9.73. The van der Waals surface area contributed by atoms with Crippen LogP contribution in [0.3, 0.4) is 0 Å². The predicted molar refractivity (Wildman–Crippen MR) is 120 cm³/mol. The molecule has 0 aromatic carbocycles. The molecule has 4 atom stereocenters. The van der Waals surface area contributed by atoms with Crippen LogP contribution < -0.4 is 16.4 Å². The van der Waals surface area contributed by atoms with Crippen LogP contribution in [0.4, 0.5) is 0 Å². The first-order chi connectivity index (χ1) is 15.5. The van der Waals surface area contributed by atoms with Gasteiger partial charge in [-0.05, 0) is 33.1 Å². The number of Topliss-reactive ketones (excluding diaryl/α,β-unsaturated/α-hetero) is 1. The van der Waals surface area contributed by atoms with E-state index >= 15 is 0 Å². The van der Waals surface area contributed by atoms with Crippen molar-refractivity contribution < 1.29 is 28.7 Å². The molecule has 10 nitrogen and oxygen atoms in total. The van der Waals surface area contributed by atoms with E-state index in [0.29, 0.717) is 45.2 Å². The molecule has 0 spiro atoms. The lowest BCUT2D eigenvalue weighted by Gasteiger charge is -2.37. The molecule has 3 amide bonds. The van der Waals surface area contributed by atoms with Crippen molar-refractivity contribution in [2.45, 2.75) is 70.1 Å². The van der Waals surface area contributed by atoms with E-state index in [4.69, 9.17) is 15.2 Å². The molecule has 2 heterocycles. The summed E-state index contributed by atoms with van der Waals surface area (Å²) in [4.78, 5) is 53.3. The summed E-state index contributed by atoms with van der Waals surface area (Å²) in [5, 5.41) is 5.40. The summed E-state index contributed by atoms with van der Waals surface area (Å²) < 4.78 is 10.6. The van der Waals surface area contributed by atoms with Crippen LogP contribution in [-0.2, 0) is 28.7 Å². The third-order valence-corrected chi connectivity index (χ3v) is 7.29. The number of nitrogens with one attached hydrogen (secondary N) is 2. The number of primary amides is 1. The number of amides is 3. The van der Waals surface area contributed by atoms with Crippen LogP contribution in [0.5, 0.6) is 0 Å². The van der Waals surface area contributed by atoms with Gasteiger partial charge >= 0.3 is 0 Å².